The van der Waals surface area contributed by atoms with Crippen molar-refractivity contribution in [1.29, 1.82) is 0 Å². The first-order valence-electron chi connectivity index (χ1n) is 8.75. The van der Waals surface area contributed by atoms with Crippen LogP contribution in [0.3, 0.4) is 0 Å². The molecule has 0 saturated carbocycles. The number of hydrogen-bond acceptors (Lipinski definition) is 6. The lowest BCUT2D eigenvalue weighted by Crippen LogP contribution is -2.27. The van der Waals surface area contributed by atoms with E-state index in [0.29, 0.717) is 16.9 Å². The van der Waals surface area contributed by atoms with E-state index in [2.05, 4.69) is 25.4 Å². The molecule has 2 rings (SSSR count). The summed E-state index contributed by atoms with van der Waals surface area (Å²) in [7, 11) is 0. The van der Waals surface area contributed by atoms with Crippen LogP contribution >= 0.6 is 35.0 Å². The van der Waals surface area contributed by atoms with E-state index in [1.165, 1.54) is 11.8 Å². The number of nitrogens with one attached hydrogen (secondary N) is 1. The smallest absolute Gasteiger partial charge is 0.250 e. The topological polar surface area (TPSA) is 70.5 Å². The molecule has 0 bridgehead atoms. The molecular weight excluding hydrogens is 417 g/mol. The predicted octanol–water partition coefficient (Wildman–Crippen LogP) is 3.62. The van der Waals surface area contributed by atoms with Crippen LogP contribution in [-0.2, 0) is 4.79 Å². The molecule has 0 atom stereocenters. The molecule has 1 aromatic carbocycles. The molecule has 28 heavy (non-hydrogen) atoms. The number of hydrogen-bond donors (Lipinski definition) is 1. The van der Waals surface area contributed by atoms with E-state index in [4.69, 9.17) is 23.2 Å². The number of benzene rings is 1. The zero-order valence-corrected chi connectivity index (χ0v) is 18.2. The third-order valence-corrected chi connectivity index (χ3v) is 4.85. The third kappa shape index (κ3) is 7.66. The molecule has 0 aliphatic carbocycles. The first-order chi connectivity index (χ1) is 13.5. The van der Waals surface area contributed by atoms with Gasteiger partial charge in [0.2, 0.25) is 0 Å². The molecule has 0 aliphatic heterocycles. The number of nitrogens with zero attached hydrogens (tertiary/aromatic N) is 4. The fourth-order valence-electron chi connectivity index (χ4n) is 2.44. The molecule has 0 radical (unpaired) electrons. The van der Waals surface area contributed by atoms with Crippen LogP contribution in [0.2, 0.25) is 0 Å². The van der Waals surface area contributed by atoms with Gasteiger partial charge < -0.3 is 4.90 Å². The molecule has 150 valence electrons. The molecule has 0 unspecified atom stereocenters. The Morgan fingerprint density at radius 2 is 1.75 bits per heavy atom. The van der Waals surface area contributed by atoms with Gasteiger partial charge in [0.1, 0.15) is 0 Å². The SMILES string of the molecule is Cc1cc(C)nc(SCC(=O)NN=Cc2ccc(N(CCCl)CCCl)cc2)n1. The predicted molar refractivity (Wildman–Crippen MR) is 118 cm³/mol. The van der Waals surface area contributed by atoms with Gasteiger partial charge in [-0.15, -0.1) is 23.2 Å². The highest BCUT2D eigenvalue weighted by Gasteiger charge is 2.06. The molecule has 1 heterocycles. The van der Waals surface area contributed by atoms with E-state index in [0.717, 1.165) is 35.7 Å². The summed E-state index contributed by atoms with van der Waals surface area (Å²) >= 11 is 13.0. The van der Waals surface area contributed by atoms with Gasteiger partial charge in [-0.05, 0) is 37.6 Å². The highest BCUT2D eigenvalue weighted by atomic mass is 35.5. The molecular formula is C19H23Cl2N5OS. The average Bonchev–Trinajstić information content (AvgIpc) is 2.66. The number of amides is 1. The number of rotatable bonds is 10. The Morgan fingerprint density at radius 1 is 1.14 bits per heavy atom. The summed E-state index contributed by atoms with van der Waals surface area (Å²) in [5, 5.41) is 4.59. The van der Waals surface area contributed by atoms with Crippen molar-refractivity contribution >= 4 is 52.8 Å². The van der Waals surface area contributed by atoms with E-state index in [9.17, 15) is 4.79 Å². The van der Waals surface area contributed by atoms with E-state index in [1.54, 1.807) is 6.21 Å². The number of thioether (sulfide) groups is 1. The molecule has 9 heteroatoms. The van der Waals surface area contributed by atoms with Crippen LogP contribution in [-0.4, -0.2) is 52.7 Å². The van der Waals surface area contributed by atoms with E-state index < -0.39 is 0 Å². The standard InChI is InChI=1S/C19H23Cl2N5OS/c1-14-11-15(2)24-19(23-14)28-13-18(27)25-22-12-16-3-5-17(6-4-16)26(9-7-20)10-8-21/h3-6,11-12H,7-10,13H2,1-2H3,(H,25,27). The lowest BCUT2D eigenvalue weighted by atomic mass is 10.2. The van der Waals surface area contributed by atoms with Crippen molar-refractivity contribution in [2.75, 3.05) is 35.5 Å². The summed E-state index contributed by atoms with van der Waals surface area (Å²) in [6.07, 6.45) is 1.60. The van der Waals surface area contributed by atoms with Crippen LogP contribution in [0.15, 0.2) is 40.6 Å². The first kappa shape index (κ1) is 22.5. The van der Waals surface area contributed by atoms with Crippen LogP contribution in [0.25, 0.3) is 0 Å². The number of carbonyl (C=O) groups is 1. The number of anilines is 1. The van der Waals surface area contributed by atoms with Crippen LogP contribution in [0.5, 0.6) is 0 Å². The minimum absolute atomic E-state index is 0.199. The second kappa shape index (κ2) is 11.9. The quantitative estimate of drug-likeness (QED) is 0.201. The molecule has 2 aromatic rings. The third-order valence-electron chi connectivity index (χ3n) is 3.66. The summed E-state index contributed by atoms with van der Waals surface area (Å²) in [6.45, 7) is 5.27. The van der Waals surface area contributed by atoms with Gasteiger partial charge in [-0.1, -0.05) is 23.9 Å². The fraction of sp³-hybridized carbons (Fsp3) is 0.368. The van der Waals surface area contributed by atoms with Crippen molar-refractivity contribution in [3.8, 4) is 0 Å². The number of hydrazone groups is 1. The number of aryl methyl sites for hydroxylation is 2. The summed E-state index contributed by atoms with van der Waals surface area (Å²) in [5.74, 6) is 1.07. The van der Waals surface area contributed by atoms with Gasteiger partial charge >= 0.3 is 0 Å². The Labute approximate surface area is 179 Å². The molecule has 6 nitrogen and oxygen atoms in total. The number of halogens is 2. The Balaban J connectivity index is 1.83. The van der Waals surface area contributed by atoms with Crippen molar-refractivity contribution < 1.29 is 4.79 Å². The van der Waals surface area contributed by atoms with Gasteiger partial charge in [0.25, 0.3) is 5.91 Å². The van der Waals surface area contributed by atoms with Gasteiger partial charge in [0.05, 0.1) is 12.0 Å². The second-order valence-electron chi connectivity index (χ2n) is 5.97. The number of aromatic nitrogens is 2. The Hall–Kier alpha value is -1.83. The van der Waals surface area contributed by atoms with E-state index >= 15 is 0 Å². The van der Waals surface area contributed by atoms with Gasteiger partial charge in [0, 0.05) is 41.9 Å². The minimum atomic E-state index is -0.212. The maximum absolute atomic E-state index is 11.9. The normalized spacial score (nSPS) is 11.0. The Bertz CT molecular complexity index is 775. The highest BCUT2D eigenvalue weighted by Crippen LogP contribution is 2.15. The van der Waals surface area contributed by atoms with Crippen molar-refractivity contribution in [3.63, 3.8) is 0 Å². The van der Waals surface area contributed by atoms with Gasteiger partial charge in [-0.2, -0.15) is 5.10 Å². The minimum Gasteiger partial charge on any atom is -0.369 e. The van der Waals surface area contributed by atoms with E-state index in [1.807, 2.05) is 44.2 Å². The van der Waals surface area contributed by atoms with Crippen LogP contribution in [0.1, 0.15) is 17.0 Å². The maximum Gasteiger partial charge on any atom is 0.250 e. The number of alkyl halides is 2. The summed E-state index contributed by atoms with van der Waals surface area (Å²) in [5.41, 5.74) is 6.21. The van der Waals surface area contributed by atoms with Crippen molar-refractivity contribution in [2.24, 2.45) is 5.10 Å². The largest absolute Gasteiger partial charge is 0.369 e. The van der Waals surface area contributed by atoms with Gasteiger partial charge in [0.15, 0.2) is 5.16 Å². The molecule has 0 fully saturated rings. The molecule has 0 aliphatic rings. The molecule has 1 N–H and O–H groups in total. The second-order valence-corrected chi connectivity index (χ2v) is 7.67. The zero-order chi connectivity index (χ0) is 20.4. The van der Waals surface area contributed by atoms with E-state index in [-0.39, 0.29) is 11.7 Å². The average molecular weight is 440 g/mol. The van der Waals surface area contributed by atoms with Gasteiger partial charge in [-0.25, -0.2) is 15.4 Å². The molecule has 1 aromatic heterocycles. The van der Waals surface area contributed by atoms with Gasteiger partial charge in [-0.3, -0.25) is 4.79 Å². The molecule has 0 spiro atoms. The lowest BCUT2D eigenvalue weighted by molar-refractivity contribution is -0.118. The van der Waals surface area contributed by atoms with Crippen molar-refractivity contribution in [1.82, 2.24) is 15.4 Å². The van der Waals surface area contributed by atoms with Crippen molar-refractivity contribution in [2.45, 2.75) is 19.0 Å². The monoisotopic (exact) mass is 439 g/mol. The summed E-state index contributed by atoms with van der Waals surface area (Å²) in [4.78, 5) is 22.6. The Kier molecular flexibility index (Phi) is 9.54. The lowest BCUT2D eigenvalue weighted by Gasteiger charge is -2.22. The molecule has 1 amide bonds. The van der Waals surface area contributed by atoms with Crippen LogP contribution in [0.4, 0.5) is 5.69 Å². The van der Waals surface area contributed by atoms with Crippen LogP contribution in [0, 0.1) is 13.8 Å². The van der Waals surface area contributed by atoms with Crippen LogP contribution < -0.4 is 10.3 Å². The first-order valence-corrected chi connectivity index (χ1v) is 10.8. The maximum atomic E-state index is 11.9. The highest BCUT2D eigenvalue weighted by molar-refractivity contribution is 7.99. The number of carbonyl (C=O) groups excluding carboxylic acids is 1. The fourth-order valence-corrected chi connectivity index (χ4v) is 3.59. The summed E-state index contributed by atoms with van der Waals surface area (Å²) in [6, 6.07) is 9.71. The van der Waals surface area contributed by atoms with Crippen molar-refractivity contribution in [3.05, 3.63) is 47.3 Å². The summed E-state index contributed by atoms with van der Waals surface area (Å²) < 4.78 is 0. The Morgan fingerprint density at radius 3 is 2.32 bits per heavy atom. The molecule has 0 saturated heterocycles. The zero-order valence-electron chi connectivity index (χ0n) is 15.9.